The molecule has 2 aliphatic carbocycles. The van der Waals surface area contributed by atoms with Crippen LogP contribution < -0.4 is 10.2 Å². The third-order valence-electron chi connectivity index (χ3n) is 12.4. The van der Waals surface area contributed by atoms with E-state index in [0.29, 0.717) is 48.9 Å². The molecule has 4 fully saturated rings. The van der Waals surface area contributed by atoms with Crippen LogP contribution in [-0.4, -0.2) is 79.4 Å². The highest BCUT2D eigenvalue weighted by Crippen LogP contribution is 2.59. The first-order chi connectivity index (χ1) is 23.5. The van der Waals surface area contributed by atoms with Crippen LogP contribution in [0.2, 0.25) is 0 Å². The SMILES string of the molecule is CC(=O)N1CCC2(CC1)C(=O)N([C@H]1C[C@@H](N3CC4CC4(C)C3)C1)c1cc(-c3cc4ncn(C(C)C)c4c(Nc4ccncc4F)n3)ccc12. The van der Waals surface area contributed by atoms with Crippen LogP contribution in [0.4, 0.5) is 21.6 Å². The number of nitrogens with zero attached hydrogens (tertiary/aromatic N) is 7. The number of carbonyl (C=O) groups excluding carboxylic acids is 2. The first-order valence-electron chi connectivity index (χ1n) is 17.8. The zero-order valence-electron chi connectivity index (χ0n) is 28.6. The first-order valence-corrected chi connectivity index (χ1v) is 17.8. The molecule has 4 aromatic rings. The van der Waals surface area contributed by atoms with E-state index in [-0.39, 0.29) is 29.6 Å². The summed E-state index contributed by atoms with van der Waals surface area (Å²) in [6.07, 6.45) is 9.10. The number of pyridine rings is 2. The Morgan fingerprint density at radius 2 is 1.90 bits per heavy atom. The molecule has 0 bridgehead atoms. The van der Waals surface area contributed by atoms with E-state index < -0.39 is 11.2 Å². The van der Waals surface area contributed by atoms with Crippen LogP contribution in [0.1, 0.15) is 71.4 Å². The normalized spacial score (nSPS) is 27.1. The van der Waals surface area contributed by atoms with Crippen LogP contribution in [0.15, 0.2) is 49.1 Å². The highest BCUT2D eigenvalue weighted by atomic mass is 19.1. The maximum absolute atomic E-state index is 14.8. The second-order valence-electron chi connectivity index (χ2n) is 15.7. The molecule has 2 saturated heterocycles. The predicted molar refractivity (Wildman–Crippen MR) is 186 cm³/mol. The van der Waals surface area contributed by atoms with Crippen molar-refractivity contribution in [3.05, 3.63) is 60.4 Å². The Hall–Kier alpha value is -4.38. The van der Waals surface area contributed by atoms with Crippen LogP contribution in [0, 0.1) is 17.2 Å². The Labute approximate surface area is 285 Å². The molecule has 9 rings (SSSR count). The molecule has 10 nitrogen and oxygen atoms in total. The van der Waals surface area contributed by atoms with Crippen molar-refractivity contribution < 1.29 is 14.0 Å². The maximum atomic E-state index is 14.8. The van der Waals surface area contributed by atoms with Crippen LogP contribution in [0.25, 0.3) is 22.3 Å². The van der Waals surface area contributed by atoms with E-state index in [1.165, 1.54) is 25.7 Å². The average Bonchev–Trinajstić information content (AvgIpc) is 3.32. The van der Waals surface area contributed by atoms with Gasteiger partial charge in [-0.15, -0.1) is 0 Å². The molecule has 2 amide bonds. The van der Waals surface area contributed by atoms with Gasteiger partial charge in [-0.1, -0.05) is 19.1 Å². The summed E-state index contributed by atoms with van der Waals surface area (Å²) in [5.41, 5.74) is 5.27. The molecular formula is C38H43FN8O2. The molecule has 254 valence electrons. The minimum absolute atomic E-state index is 0.0596. The highest BCUT2D eigenvalue weighted by molar-refractivity contribution is 6.09. The van der Waals surface area contributed by atoms with Crippen LogP contribution in [0.5, 0.6) is 0 Å². The zero-order valence-corrected chi connectivity index (χ0v) is 28.6. The third kappa shape index (κ3) is 4.71. The van der Waals surface area contributed by atoms with Gasteiger partial charge in [0.15, 0.2) is 11.6 Å². The number of likely N-dealkylation sites (tertiary alicyclic amines) is 2. The van der Waals surface area contributed by atoms with Gasteiger partial charge in [-0.25, -0.2) is 14.4 Å². The summed E-state index contributed by atoms with van der Waals surface area (Å²) in [4.78, 5) is 47.3. The molecule has 1 N–H and O–H groups in total. The van der Waals surface area contributed by atoms with Gasteiger partial charge in [0.1, 0.15) is 5.52 Å². The van der Waals surface area contributed by atoms with Crippen molar-refractivity contribution in [2.24, 2.45) is 11.3 Å². The van der Waals surface area contributed by atoms with Crippen molar-refractivity contribution in [3.63, 3.8) is 0 Å². The number of benzene rings is 1. The van der Waals surface area contributed by atoms with E-state index in [4.69, 9.17) is 9.97 Å². The number of imidazole rings is 1. The molecular weight excluding hydrogens is 619 g/mol. The van der Waals surface area contributed by atoms with Crippen molar-refractivity contribution in [1.82, 2.24) is 29.3 Å². The number of rotatable bonds is 6. The molecule has 49 heavy (non-hydrogen) atoms. The summed E-state index contributed by atoms with van der Waals surface area (Å²) in [6.45, 7) is 11.7. The Kier molecular flexibility index (Phi) is 6.76. The summed E-state index contributed by atoms with van der Waals surface area (Å²) in [5, 5.41) is 3.22. The van der Waals surface area contributed by atoms with E-state index in [1.807, 2.05) is 15.5 Å². The van der Waals surface area contributed by atoms with Crippen molar-refractivity contribution in [1.29, 1.82) is 0 Å². The lowest BCUT2D eigenvalue weighted by atomic mass is 9.73. The van der Waals surface area contributed by atoms with Crippen LogP contribution in [0.3, 0.4) is 0 Å². The second kappa shape index (κ2) is 10.8. The number of piperidine rings is 2. The smallest absolute Gasteiger partial charge is 0.238 e. The van der Waals surface area contributed by atoms with Gasteiger partial charge >= 0.3 is 0 Å². The Morgan fingerprint density at radius 3 is 2.59 bits per heavy atom. The number of hydrogen-bond acceptors (Lipinski definition) is 7. The quantitative estimate of drug-likeness (QED) is 0.268. The number of carbonyl (C=O) groups is 2. The standard InChI is InChI=1S/C38H43FN8O2/c1-22(2)46-21-41-32-16-31(43-35(34(32)46)42-30-7-10-40-18-29(30)39)24-5-6-28-33(13-24)47(36(49)38(28)8-11-44(12-9-38)23(3)48)27-14-26(15-27)45-19-25-17-37(25,4)20-45/h5-7,10,13,16,18,21-22,25-27H,8-9,11-12,14-15,17,19-20H2,1-4H3,(H,40,42,43)/t25?,26-,27+,37?. The number of fused-ring (bicyclic) bond motifs is 4. The lowest BCUT2D eigenvalue weighted by Gasteiger charge is -2.47. The lowest BCUT2D eigenvalue weighted by molar-refractivity contribution is -0.134. The van der Waals surface area contributed by atoms with Crippen LogP contribution in [-0.2, 0) is 15.0 Å². The summed E-state index contributed by atoms with van der Waals surface area (Å²) >= 11 is 0. The number of hydrogen-bond donors (Lipinski definition) is 1. The van der Waals surface area contributed by atoms with Gasteiger partial charge in [-0.3, -0.25) is 19.5 Å². The summed E-state index contributed by atoms with van der Waals surface area (Å²) in [6, 6.07) is 10.7. The molecule has 2 saturated carbocycles. The highest BCUT2D eigenvalue weighted by Gasteiger charge is 2.60. The van der Waals surface area contributed by atoms with Gasteiger partial charge in [0, 0.05) is 68.7 Å². The van der Waals surface area contributed by atoms with E-state index >= 15 is 0 Å². The zero-order chi connectivity index (χ0) is 33.8. The van der Waals surface area contributed by atoms with Gasteiger partial charge in [0.25, 0.3) is 0 Å². The van der Waals surface area contributed by atoms with Crippen molar-refractivity contribution in [2.45, 2.75) is 83.3 Å². The van der Waals surface area contributed by atoms with E-state index in [0.717, 1.165) is 46.6 Å². The maximum Gasteiger partial charge on any atom is 0.238 e. The topological polar surface area (TPSA) is 99.5 Å². The fourth-order valence-corrected chi connectivity index (χ4v) is 9.23. The number of amides is 2. The summed E-state index contributed by atoms with van der Waals surface area (Å²) in [5.74, 6) is 1.11. The lowest BCUT2D eigenvalue weighted by Crippen LogP contribution is -2.58. The molecule has 1 aromatic carbocycles. The van der Waals surface area contributed by atoms with E-state index in [9.17, 15) is 14.0 Å². The van der Waals surface area contributed by atoms with Crippen molar-refractivity contribution in [3.8, 4) is 11.3 Å². The Balaban J connectivity index is 1.10. The molecule has 2 atom stereocenters. The number of anilines is 3. The number of halogens is 1. The first kappa shape index (κ1) is 30.7. The Bertz CT molecular complexity index is 2010. The van der Waals surface area contributed by atoms with E-state index in [2.05, 4.69) is 59.1 Å². The molecule has 5 aliphatic rings. The van der Waals surface area contributed by atoms with E-state index in [1.54, 1.807) is 25.5 Å². The van der Waals surface area contributed by atoms with Crippen LogP contribution >= 0.6 is 0 Å². The molecule has 3 aliphatic heterocycles. The number of aromatic nitrogens is 4. The van der Waals surface area contributed by atoms with Gasteiger partial charge in [-0.2, -0.15) is 0 Å². The molecule has 0 radical (unpaired) electrons. The average molecular weight is 663 g/mol. The Morgan fingerprint density at radius 1 is 1.10 bits per heavy atom. The van der Waals surface area contributed by atoms with Crippen molar-refractivity contribution in [2.75, 3.05) is 36.4 Å². The fourth-order valence-electron chi connectivity index (χ4n) is 9.23. The molecule has 2 unspecified atom stereocenters. The molecule has 3 aromatic heterocycles. The number of nitrogens with one attached hydrogen (secondary N) is 1. The summed E-state index contributed by atoms with van der Waals surface area (Å²) < 4.78 is 16.8. The third-order valence-corrected chi connectivity index (χ3v) is 12.4. The van der Waals surface area contributed by atoms with Crippen molar-refractivity contribution >= 4 is 40.0 Å². The van der Waals surface area contributed by atoms with Gasteiger partial charge in [0.2, 0.25) is 11.8 Å². The minimum atomic E-state index is -0.632. The minimum Gasteiger partial charge on any atom is -0.343 e. The second-order valence-corrected chi connectivity index (χ2v) is 15.7. The fraction of sp³-hybridized carbons (Fsp3) is 0.500. The largest absolute Gasteiger partial charge is 0.343 e. The monoisotopic (exact) mass is 662 g/mol. The molecule has 1 spiro atoms. The van der Waals surface area contributed by atoms with Gasteiger partial charge in [0.05, 0.1) is 34.8 Å². The predicted octanol–water partition coefficient (Wildman–Crippen LogP) is 6.06. The van der Waals surface area contributed by atoms with Gasteiger partial charge in [-0.05, 0) is 81.0 Å². The molecule has 6 heterocycles. The molecule has 11 heteroatoms. The van der Waals surface area contributed by atoms with Gasteiger partial charge < -0.3 is 19.7 Å². The summed E-state index contributed by atoms with van der Waals surface area (Å²) in [7, 11) is 0.